The number of benzene rings is 1. The fourth-order valence-corrected chi connectivity index (χ4v) is 2.36. The van der Waals surface area contributed by atoms with E-state index in [2.05, 4.69) is 10.3 Å². The first-order chi connectivity index (χ1) is 11.6. The predicted octanol–water partition coefficient (Wildman–Crippen LogP) is 3.45. The van der Waals surface area contributed by atoms with Crippen molar-refractivity contribution in [2.45, 2.75) is 26.2 Å². The molecule has 0 bridgehead atoms. The van der Waals surface area contributed by atoms with Gasteiger partial charge in [0.2, 0.25) is 0 Å². The van der Waals surface area contributed by atoms with Crippen LogP contribution in [0.25, 0.3) is 0 Å². The third-order valence-electron chi connectivity index (χ3n) is 3.90. The number of likely N-dealkylation sites (N-methyl/N-ethyl adjacent to an activating group) is 1. The molecule has 25 heavy (non-hydrogen) atoms. The van der Waals surface area contributed by atoms with E-state index in [0.717, 1.165) is 37.6 Å². The van der Waals surface area contributed by atoms with Gasteiger partial charge in [-0.15, -0.1) is 24.0 Å². The molecule has 1 aromatic carbocycles. The lowest BCUT2D eigenvalue weighted by atomic mass is 10.1. The third kappa shape index (κ3) is 8.80. The standard InChI is InChI=1S/C18H27F2N3O.HI/c1-3-21-18(23(2)8-9-24-13-14-4-5-14)22-7-6-15-10-16(19)12-17(20)11-15;/h10-12,14H,3-9,13H2,1-2H3,(H,21,22);1H. The van der Waals surface area contributed by atoms with E-state index >= 15 is 0 Å². The highest BCUT2D eigenvalue weighted by Crippen LogP contribution is 2.28. The van der Waals surface area contributed by atoms with Gasteiger partial charge in [0, 0.05) is 39.4 Å². The SMILES string of the molecule is CCNC(=NCCc1cc(F)cc(F)c1)N(C)CCOCC1CC1.I. The molecule has 0 heterocycles. The summed E-state index contributed by atoms with van der Waals surface area (Å²) in [5, 5.41) is 3.23. The quantitative estimate of drug-likeness (QED) is 0.262. The highest BCUT2D eigenvalue weighted by molar-refractivity contribution is 14.0. The zero-order valence-corrected chi connectivity index (χ0v) is 17.3. The maximum atomic E-state index is 13.2. The Balaban J connectivity index is 0.00000312. The average Bonchev–Trinajstić information content (AvgIpc) is 3.34. The predicted molar refractivity (Wildman–Crippen MR) is 108 cm³/mol. The Morgan fingerprint density at radius 2 is 1.96 bits per heavy atom. The minimum Gasteiger partial charge on any atom is -0.379 e. The van der Waals surface area contributed by atoms with Gasteiger partial charge in [0.25, 0.3) is 0 Å². The molecular formula is C18H28F2IN3O. The molecule has 0 amide bonds. The van der Waals surface area contributed by atoms with Gasteiger partial charge in [-0.05, 0) is 49.8 Å². The zero-order valence-electron chi connectivity index (χ0n) is 14.9. The summed E-state index contributed by atoms with van der Waals surface area (Å²) in [7, 11) is 1.96. The van der Waals surface area contributed by atoms with Crippen molar-refractivity contribution >= 4 is 29.9 Å². The second-order valence-corrected chi connectivity index (χ2v) is 6.20. The Labute approximate surface area is 166 Å². The van der Waals surface area contributed by atoms with E-state index in [4.69, 9.17) is 4.74 Å². The van der Waals surface area contributed by atoms with Crippen LogP contribution in [-0.4, -0.2) is 50.8 Å². The van der Waals surface area contributed by atoms with Crippen LogP contribution in [0.2, 0.25) is 0 Å². The maximum Gasteiger partial charge on any atom is 0.193 e. The van der Waals surface area contributed by atoms with Crippen molar-refractivity contribution in [3.05, 3.63) is 35.4 Å². The molecule has 1 fully saturated rings. The molecule has 0 spiro atoms. The van der Waals surface area contributed by atoms with Crippen LogP contribution < -0.4 is 5.32 Å². The molecular weight excluding hydrogens is 439 g/mol. The normalized spacial score (nSPS) is 14.2. The van der Waals surface area contributed by atoms with Crippen molar-refractivity contribution in [1.82, 2.24) is 10.2 Å². The molecule has 1 N–H and O–H groups in total. The van der Waals surface area contributed by atoms with E-state index in [1.807, 2.05) is 18.9 Å². The molecule has 1 saturated carbocycles. The number of rotatable bonds is 9. The first-order valence-electron chi connectivity index (χ1n) is 8.60. The first kappa shape index (κ1) is 22.1. The largest absolute Gasteiger partial charge is 0.379 e. The van der Waals surface area contributed by atoms with Gasteiger partial charge in [0.15, 0.2) is 5.96 Å². The summed E-state index contributed by atoms with van der Waals surface area (Å²) < 4.78 is 32.0. The molecule has 0 unspecified atom stereocenters. The Morgan fingerprint density at radius 1 is 1.28 bits per heavy atom. The van der Waals surface area contributed by atoms with Crippen LogP contribution in [0.3, 0.4) is 0 Å². The van der Waals surface area contributed by atoms with Gasteiger partial charge in [-0.25, -0.2) is 8.78 Å². The Bertz CT molecular complexity index is 533. The third-order valence-corrected chi connectivity index (χ3v) is 3.90. The van der Waals surface area contributed by atoms with Crippen LogP contribution in [0.15, 0.2) is 23.2 Å². The summed E-state index contributed by atoms with van der Waals surface area (Å²) in [5.74, 6) is 0.449. The van der Waals surface area contributed by atoms with Crippen molar-refractivity contribution in [1.29, 1.82) is 0 Å². The number of aliphatic imine (C=N–C) groups is 1. The molecule has 142 valence electrons. The van der Waals surface area contributed by atoms with Crippen LogP contribution >= 0.6 is 24.0 Å². The van der Waals surface area contributed by atoms with Crippen LogP contribution in [0.4, 0.5) is 8.78 Å². The molecule has 1 aromatic rings. The Morgan fingerprint density at radius 3 is 2.56 bits per heavy atom. The van der Waals surface area contributed by atoms with Crippen LogP contribution in [-0.2, 0) is 11.2 Å². The van der Waals surface area contributed by atoms with Crippen LogP contribution in [0.1, 0.15) is 25.3 Å². The first-order valence-corrected chi connectivity index (χ1v) is 8.60. The van der Waals surface area contributed by atoms with E-state index in [1.165, 1.54) is 25.0 Å². The van der Waals surface area contributed by atoms with Crippen LogP contribution in [0.5, 0.6) is 0 Å². The second kappa shape index (κ2) is 11.6. The fraction of sp³-hybridized carbons (Fsp3) is 0.611. The number of guanidine groups is 1. The fourth-order valence-electron chi connectivity index (χ4n) is 2.36. The van der Waals surface area contributed by atoms with Gasteiger partial charge < -0.3 is 15.0 Å². The van der Waals surface area contributed by atoms with E-state index in [-0.39, 0.29) is 24.0 Å². The highest BCUT2D eigenvalue weighted by atomic mass is 127. The summed E-state index contributed by atoms with van der Waals surface area (Å²) in [5.41, 5.74) is 0.613. The van der Waals surface area contributed by atoms with Gasteiger partial charge in [-0.2, -0.15) is 0 Å². The highest BCUT2D eigenvalue weighted by Gasteiger charge is 2.21. The van der Waals surface area contributed by atoms with Crippen LogP contribution in [0, 0.1) is 17.6 Å². The number of halogens is 3. The monoisotopic (exact) mass is 467 g/mol. The van der Waals surface area contributed by atoms with E-state index in [9.17, 15) is 8.78 Å². The zero-order chi connectivity index (χ0) is 17.4. The molecule has 0 aromatic heterocycles. The van der Waals surface area contributed by atoms with Crippen molar-refractivity contribution in [2.24, 2.45) is 10.9 Å². The van der Waals surface area contributed by atoms with Gasteiger partial charge in [-0.1, -0.05) is 0 Å². The summed E-state index contributed by atoms with van der Waals surface area (Å²) in [6, 6.07) is 3.58. The summed E-state index contributed by atoms with van der Waals surface area (Å²) in [6.45, 7) is 5.53. The summed E-state index contributed by atoms with van der Waals surface area (Å²) >= 11 is 0. The summed E-state index contributed by atoms with van der Waals surface area (Å²) in [4.78, 5) is 6.54. The molecule has 1 aliphatic rings. The number of nitrogens with one attached hydrogen (secondary N) is 1. The number of hydrogen-bond donors (Lipinski definition) is 1. The Kier molecular flexibility index (Phi) is 10.3. The lowest BCUT2D eigenvalue weighted by Gasteiger charge is -2.22. The maximum absolute atomic E-state index is 13.2. The Hall–Kier alpha value is -0.960. The lowest BCUT2D eigenvalue weighted by molar-refractivity contribution is 0.115. The summed E-state index contributed by atoms with van der Waals surface area (Å²) in [6.07, 6.45) is 3.08. The number of ether oxygens (including phenoxy) is 1. The molecule has 7 heteroatoms. The molecule has 0 radical (unpaired) electrons. The second-order valence-electron chi connectivity index (χ2n) is 6.20. The molecule has 0 saturated heterocycles. The number of hydrogen-bond acceptors (Lipinski definition) is 2. The molecule has 0 aliphatic heterocycles. The average molecular weight is 467 g/mol. The van der Waals surface area contributed by atoms with Gasteiger partial charge in [0.1, 0.15) is 11.6 Å². The van der Waals surface area contributed by atoms with Gasteiger partial charge in [0.05, 0.1) is 6.61 Å². The minimum atomic E-state index is -0.550. The molecule has 4 nitrogen and oxygen atoms in total. The van der Waals surface area contributed by atoms with Gasteiger partial charge in [-0.3, -0.25) is 4.99 Å². The van der Waals surface area contributed by atoms with E-state index < -0.39 is 11.6 Å². The van der Waals surface area contributed by atoms with Crippen molar-refractivity contribution < 1.29 is 13.5 Å². The van der Waals surface area contributed by atoms with E-state index in [0.29, 0.717) is 25.1 Å². The van der Waals surface area contributed by atoms with E-state index in [1.54, 1.807) is 0 Å². The smallest absolute Gasteiger partial charge is 0.193 e. The molecule has 0 atom stereocenters. The molecule has 1 aliphatic carbocycles. The topological polar surface area (TPSA) is 36.9 Å². The van der Waals surface area contributed by atoms with Crippen molar-refractivity contribution in [2.75, 3.05) is 39.9 Å². The lowest BCUT2D eigenvalue weighted by Crippen LogP contribution is -2.40. The van der Waals surface area contributed by atoms with Gasteiger partial charge >= 0.3 is 0 Å². The van der Waals surface area contributed by atoms with Crippen molar-refractivity contribution in [3.63, 3.8) is 0 Å². The molecule has 2 rings (SSSR count). The van der Waals surface area contributed by atoms with Crippen molar-refractivity contribution in [3.8, 4) is 0 Å². The minimum absolute atomic E-state index is 0. The number of nitrogens with zero attached hydrogens (tertiary/aromatic N) is 2.